The van der Waals surface area contributed by atoms with Crippen LogP contribution in [-0.2, 0) is 4.74 Å². The maximum atomic E-state index is 11.7. The van der Waals surface area contributed by atoms with Crippen molar-refractivity contribution in [3.8, 4) is 0 Å². The highest BCUT2D eigenvalue weighted by Crippen LogP contribution is 2.26. The Balaban J connectivity index is 2.54. The normalized spacial score (nSPS) is 23.7. The van der Waals surface area contributed by atoms with Crippen LogP contribution in [0.5, 0.6) is 0 Å². The summed E-state index contributed by atoms with van der Waals surface area (Å²) < 4.78 is 38.8. The summed E-state index contributed by atoms with van der Waals surface area (Å²) in [5.41, 5.74) is 0. The predicted octanol–water partition coefficient (Wildman–Crippen LogP) is 3.00. The first-order valence-electron chi connectivity index (χ1n) is 3.60. The fraction of sp³-hybridized carbons (Fsp3) is 0.500. The lowest BCUT2D eigenvalue weighted by atomic mass is 10.0. The average Bonchev–Trinajstić information content (AvgIpc) is 1.82. The van der Waals surface area contributed by atoms with Gasteiger partial charge in [-0.1, -0.05) is 19.1 Å². The molecule has 0 radical (unpaired) electrons. The van der Waals surface area contributed by atoms with Crippen molar-refractivity contribution < 1.29 is 17.9 Å². The SMILES string of the molecule is CC1C=CC=C(OC(F)(F)F)C1. The second-order valence-electron chi connectivity index (χ2n) is 2.75. The Morgan fingerprint density at radius 2 is 2.17 bits per heavy atom. The van der Waals surface area contributed by atoms with Crippen LogP contribution in [-0.4, -0.2) is 6.36 Å². The number of rotatable bonds is 1. The van der Waals surface area contributed by atoms with Gasteiger partial charge in [0.15, 0.2) is 0 Å². The third kappa shape index (κ3) is 2.98. The fourth-order valence-electron chi connectivity index (χ4n) is 1.03. The molecule has 0 fully saturated rings. The van der Waals surface area contributed by atoms with Crippen molar-refractivity contribution in [1.82, 2.24) is 0 Å². The second kappa shape index (κ2) is 3.21. The molecule has 0 bridgehead atoms. The van der Waals surface area contributed by atoms with E-state index in [1.165, 1.54) is 6.08 Å². The molecular weight excluding hydrogens is 169 g/mol. The molecule has 12 heavy (non-hydrogen) atoms. The van der Waals surface area contributed by atoms with Crippen molar-refractivity contribution in [3.05, 3.63) is 24.0 Å². The van der Waals surface area contributed by atoms with Gasteiger partial charge in [-0.05, 0) is 12.0 Å². The molecule has 0 aromatic carbocycles. The lowest BCUT2D eigenvalue weighted by Crippen LogP contribution is -2.14. The molecule has 1 atom stereocenters. The zero-order chi connectivity index (χ0) is 9.19. The molecule has 0 N–H and O–H groups in total. The van der Waals surface area contributed by atoms with Gasteiger partial charge in [0.1, 0.15) is 5.76 Å². The number of allylic oxidation sites excluding steroid dienone is 4. The van der Waals surface area contributed by atoms with Gasteiger partial charge in [0, 0.05) is 6.42 Å². The summed E-state index contributed by atoms with van der Waals surface area (Å²) in [6.45, 7) is 1.84. The van der Waals surface area contributed by atoms with Crippen LogP contribution in [0.25, 0.3) is 0 Å². The van der Waals surface area contributed by atoms with Gasteiger partial charge in [0.25, 0.3) is 0 Å². The fourth-order valence-corrected chi connectivity index (χ4v) is 1.03. The van der Waals surface area contributed by atoms with E-state index in [-0.39, 0.29) is 11.7 Å². The Kier molecular flexibility index (Phi) is 2.45. The zero-order valence-electron chi connectivity index (χ0n) is 6.56. The molecule has 1 rings (SSSR count). The quantitative estimate of drug-likeness (QED) is 0.599. The molecule has 1 aliphatic rings. The van der Waals surface area contributed by atoms with Crippen LogP contribution in [0.2, 0.25) is 0 Å². The van der Waals surface area contributed by atoms with E-state index in [4.69, 9.17) is 0 Å². The highest BCUT2D eigenvalue weighted by molar-refractivity contribution is 5.15. The first kappa shape index (κ1) is 9.16. The van der Waals surface area contributed by atoms with Crippen molar-refractivity contribution in [3.63, 3.8) is 0 Å². The third-order valence-corrected chi connectivity index (χ3v) is 1.49. The van der Waals surface area contributed by atoms with E-state index < -0.39 is 6.36 Å². The van der Waals surface area contributed by atoms with Gasteiger partial charge in [-0.2, -0.15) is 0 Å². The molecular formula is C8H9F3O. The molecule has 68 valence electrons. The Hall–Kier alpha value is -0.930. The summed E-state index contributed by atoms with van der Waals surface area (Å²) in [4.78, 5) is 0. The maximum absolute atomic E-state index is 11.7. The predicted molar refractivity (Wildman–Crippen MR) is 38.1 cm³/mol. The first-order valence-corrected chi connectivity index (χ1v) is 3.60. The van der Waals surface area contributed by atoms with Crippen LogP contribution in [0.1, 0.15) is 13.3 Å². The topological polar surface area (TPSA) is 9.23 Å². The second-order valence-corrected chi connectivity index (χ2v) is 2.75. The summed E-state index contributed by atoms with van der Waals surface area (Å²) in [5.74, 6) is 0.102. The minimum atomic E-state index is -4.56. The van der Waals surface area contributed by atoms with Gasteiger partial charge < -0.3 is 4.74 Å². The van der Waals surface area contributed by atoms with Crippen molar-refractivity contribution in [2.45, 2.75) is 19.7 Å². The molecule has 4 heteroatoms. The van der Waals surface area contributed by atoms with Gasteiger partial charge >= 0.3 is 6.36 Å². The van der Waals surface area contributed by atoms with Crippen LogP contribution in [0.15, 0.2) is 24.0 Å². The molecule has 0 aromatic rings. The van der Waals surface area contributed by atoms with Crippen molar-refractivity contribution >= 4 is 0 Å². The first-order chi connectivity index (χ1) is 5.47. The van der Waals surface area contributed by atoms with E-state index in [1.807, 2.05) is 13.0 Å². The highest BCUT2D eigenvalue weighted by atomic mass is 19.4. The monoisotopic (exact) mass is 178 g/mol. The Labute approximate surface area is 68.5 Å². The Bertz CT molecular complexity index is 215. The standard InChI is InChI=1S/C8H9F3O/c1-6-3-2-4-7(5-6)12-8(9,10)11/h2-4,6H,5H2,1H3. The van der Waals surface area contributed by atoms with Gasteiger partial charge in [-0.3, -0.25) is 0 Å². The number of hydrogen-bond donors (Lipinski definition) is 0. The van der Waals surface area contributed by atoms with Gasteiger partial charge in [-0.25, -0.2) is 0 Å². The molecule has 0 saturated heterocycles. The average molecular weight is 178 g/mol. The van der Waals surface area contributed by atoms with Gasteiger partial charge in [-0.15, -0.1) is 13.2 Å². The van der Waals surface area contributed by atoms with Crippen molar-refractivity contribution in [2.75, 3.05) is 0 Å². The Morgan fingerprint density at radius 1 is 1.50 bits per heavy atom. The van der Waals surface area contributed by atoms with Gasteiger partial charge in [0.05, 0.1) is 0 Å². The lowest BCUT2D eigenvalue weighted by Gasteiger charge is -2.16. The minimum Gasteiger partial charge on any atom is -0.410 e. The van der Waals surface area contributed by atoms with Crippen LogP contribution >= 0.6 is 0 Å². The van der Waals surface area contributed by atoms with Crippen LogP contribution < -0.4 is 0 Å². The number of halogens is 3. The van der Waals surface area contributed by atoms with E-state index in [2.05, 4.69) is 4.74 Å². The maximum Gasteiger partial charge on any atom is 0.572 e. The Morgan fingerprint density at radius 3 is 2.67 bits per heavy atom. The molecule has 1 nitrogen and oxygen atoms in total. The van der Waals surface area contributed by atoms with E-state index >= 15 is 0 Å². The summed E-state index contributed by atoms with van der Waals surface area (Å²) >= 11 is 0. The van der Waals surface area contributed by atoms with Gasteiger partial charge in [0.2, 0.25) is 0 Å². The molecule has 0 amide bonds. The summed E-state index contributed by atoms with van der Waals surface area (Å²) in [5, 5.41) is 0. The smallest absolute Gasteiger partial charge is 0.410 e. The molecule has 1 unspecified atom stereocenters. The summed E-state index contributed by atoms with van der Waals surface area (Å²) in [6.07, 6.45) is 0.513. The van der Waals surface area contributed by atoms with E-state index in [9.17, 15) is 13.2 Å². The van der Waals surface area contributed by atoms with E-state index in [0.717, 1.165) is 0 Å². The van der Waals surface area contributed by atoms with E-state index in [0.29, 0.717) is 6.42 Å². The molecule has 0 aromatic heterocycles. The minimum absolute atomic E-state index is 0.0162. The van der Waals surface area contributed by atoms with Crippen LogP contribution in [0.4, 0.5) is 13.2 Å². The van der Waals surface area contributed by atoms with Crippen molar-refractivity contribution in [2.24, 2.45) is 5.92 Å². The highest BCUT2D eigenvalue weighted by Gasteiger charge is 2.32. The molecule has 0 aliphatic heterocycles. The summed E-state index contributed by atoms with van der Waals surface area (Å²) in [7, 11) is 0. The third-order valence-electron chi connectivity index (χ3n) is 1.49. The van der Waals surface area contributed by atoms with Crippen LogP contribution in [0, 0.1) is 5.92 Å². The molecule has 0 heterocycles. The lowest BCUT2D eigenvalue weighted by molar-refractivity contribution is -0.306. The largest absolute Gasteiger partial charge is 0.572 e. The number of hydrogen-bond acceptors (Lipinski definition) is 1. The zero-order valence-corrected chi connectivity index (χ0v) is 6.56. The number of ether oxygens (including phenoxy) is 1. The molecule has 1 aliphatic carbocycles. The number of alkyl halides is 3. The molecule has 0 spiro atoms. The van der Waals surface area contributed by atoms with Crippen LogP contribution in [0.3, 0.4) is 0 Å². The molecule has 0 saturated carbocycles. The summed E-state index contributed by atoms with van der Waals surface area (Å²) in [6, 6.07) is 0. The van der Waals surface area contributed by atoms with Crippen molar-refractivity contribution in [1.29, 1.82) is 0 Å². The van der Waals surface area contributed by atoms with E-state index in [1.54, 1.807) is 6.08 Å².